The Hall–Kier alpha value is -3.68. The van der Waals surface area contributed by atoms with Gasteiger partial charge in [-0.2, -0.15) is 0 Å². The molecular formula is C22H18F3N3O2. The van der Waals surface area contributed by atoms with Gasteiger partial charge in [-0.1, -0.05) is 0 Å². The van der Waals surface area contributed by atoms with Crippen LogP contribution in [0.2, 0.25) is 0 Å². The molecular weight excluding hydrogens is 395 g/mol. The Bertz CT molecular complexity index is 1120. The number of fused-ring (bicyclic) bond motifs is 1. The molecule has 3 aromatic rings. The average molecular weight is 413 g/mol. The van der Waals surface area contributed by atoms with Crippen LogP contribution in [0.5, 0.6) is 11.5 Å². The standard InChI is InChI=1S/C22H18F3N3O2/c1-29-15-4-5-16-20(13-15)26-7-6-21(16)30-10-9-28-8-2-3-19(27-28)14-11-17(23)22(25)18(24)12-14/h2-8,11-13,27H,9-10H2,1H3. The van der Waals surface area contributed by atoms with E-state index in [1.54, 1.807) is 42.7 Å². The van der Waals surface area contributed by atoms with Crippen LogP contribution in [0.4, 0.5) is 13.2 Å². The number of benzene rings is 2. The number of nitrogens with zero attached hydrogens (tertiary/aromatic N) is 2. The monoisotopic (exact) mass is 413 g/mol. The average Bonchev–Trinajstić information content (AvgIpc) is 2.77. The Balaban J connectivity index is 1.40. The zero-order chi connectivity index (χ0) is 21.1. The third kappa shape index (κ3) is 4.03. The maximum Gasteiger partial charge on any atom is 0.194 e. The van der Waals surface area contributed by atoms with E-state index in [0.29, 0.717) is 30.3 Å². The van der Waals surface area contributed by atoms with Crippen molar-refractivity contribution in [2.45, 2.75) is 0 Å². The van der Waals surface area contributed by atoms with Gasteiger partial charge in [0.05, 0.1) is 24.9 Å². The summed E-state index contributed by atoms with van der Waals surface area (Å²) in [7, 11) is 1.60. The summed E-state index contributed by atoms with van der Waals surface area (Å²) in [6, 6.07) is 9.22. The van der Waals surface area contributed by atoms with Crippen LogP contribution in [0.15, 0.2) is 60.9 Å². The molecule has 0 saturated heterocycles. The minimum Gasteiger partial charge on any atom is -0.497 e. The molecule has 0 atom stereocenters. The zero-order valence-corrected chi connectivity index (χ0v) is 16.0. The van der Waals surface area contributed by atoms with Gasteiger partial charge in [0.1, 0.15) is 18.1 Å². The highest BCUT2D eigenvalue weighted by Gasteiger charge is 2.15. The molecule has 154 valence electrons. The van der Waals surface area contributed by atoms with Gasteiger partial charge in [-0.25, -0.2) is 13.2 Å². The first-order valence-electron chi connectivity index (χ1n) is 9.17. The molecule has 1 aliphatic heterocycles. The lowest BCUT2D eigenvalue weighted by molar-refractivity contribution is 0.232. The van der Waals surface area contributed by atoms with Crippen LogP contribution in [-0.4, -0.2) is 30.3 Å². The second kappa shape index (κ2) is 8.36. The summed E-state index contributed by atoms with van der Waals surface area (Å²) < 4.78 is 51.4. The minimum atomic E-state index is -1.49. The first-order chi connectivity index (χ1) is 14.5. The molecule has 30 heavy (non-hydrogen) atoms. The highest BCUT2D eigenvalue weighted by Crippen LogP contribution is 2.27. The largest absolute Gasteiger partial charge is 0.497 e. The van der Waals surface area contributed by atoms with E-state index in [9.17, 15) is 13.2 Å². The smallest absolute Gasteiger partial charge is 0.194 e. The van der Waals surface area contributed by atoms with Gasteiger partial charge >= 0.3 is 0 Å². The van der Waals surface area contributed by atoms with Crippen molar-refractivity contribution in [1.82, 2.24) is 15.4 Å². The van der Waals surface area contributed by atoms with Crippen LogP contribution in [0, 0.1) is 17.5 Å². The van der Waals surface area contributed by atoms with Gasteiger partial charge in [-0.05, 0) is 42.5 Å². The molecule has 1 aromatic heterocycles. The van der Waals surface area contributed by atoms with E-state index in [0.717, 1.165) is 23.0 Å². The summed E-state index contributed by atoms with van der Waals surface area (Å²) >= 11 is 0. The molecule has 0 aliphatic carbocycles. The highest BCUT2D eigenvalue weighted by atomic mass is 19.2. The predicted octanol–water partition coefficient (Wildman–Crippen LogP) is 4.41. The molecule has 5 nitrogen and oxygen atoms in total. The molecule has 0 saturated carbocycles. The molecule has 4 rings (SSSR count). The van der Waals surface area contributed by atoms with E-state index in [1.807, 2.05) is 18.2 Å². The topological polar surface area (TPSA) is 46.6 Å². The van der Waals surface area contributed by atoms with Crippen molar-refractivity contribution in [3.8, 4) is 11.5 Å². The second-order valence-electron chi connectivity index (χ2n) is 6.52. The van der Waals surface area contributed by atoms with E-state index < -0.39 is 17.5 Å². The molecule has 8 heteroatoms. The fraction of sp³-hybridized carbons (Fsp3) is 0.136. The summed E-state index contributed by atoms with van der Waals surface area (Å²) in [5.41, 5.74) is 4.43. The van der Waals surface area contributed by atoms with Crippen LogP contribution in [0.1, 0.15) is 5.56 Å². The van der Waals surface area contributed by atoms with E-state index >= 15 is 0 Å². The highest BCUT2D eigenvalue weighted by molar-refractivity contribution is 5.85. The van der Waals surface area contributed by atoms with Gasteiger partial charge in [0.2, 0.25) is 0 Å². The summed E-state index contributed by atoms with van der Waals surface area (Å²) in [6.07, 6.45) is 6.79. The molecule has 0 radical (unpaired) electrons. The van der Waals surface area contributed by atoms with Crippen molar-refractivity contribution in [3.05, 3.63) is 84.0 Å². The number of allylic oxidation sites excluding steroid dienone is 2. The molecule has 0 bridgehead atoms. The third-order valence-corrected chi connectivity index (χ3v) is 4.59. The number of rotatable bonds is 6. The summed E-state index contributed by atoms with van der Waals surface area (Å²) in [5, 5.41) is 2.57. The normalized spacial score (nSPS) is 13.2. The van der Waals surface area contributed by atoms with Crippen LogP contribution < -0.4 is 14.9 Å². The number of hydrogen-bond donors (Lipinski definition) is 1. The number of methoxy groups -OCH3 is 1. The Kier molecular flexibility index (Phi) is 5.47. The van der Waals surface area contributed by atoms with E-state index in [-0.39, 0.29) is 5.56 Å². The Morgan fingerprint density at radius 2 is 1.87 bits per heavy atom. The van der Waals surface area contributed by atoms with Crippen LogP contribution in [-0.2, 0) is 0 Å². The van der Waals surface area contributed by atoms with Crippen LogP contribution in [0.25, 0.3) is 16.6 Å². The molecule has 0 amide bonds. The van der Waals surface area contributed by atoms with Crippen LogP contribution >= 0.6 is 0 Å². The van der Waals surface area contributed by atoms with Gasteiger partial charge in [-0.3, -0.25) is 15.4 Å². The van der Waals surface area contributed by atoms with Crippen molar-refractivity contribution in [1.29, 1.82) is 0 Å². The van der Waals surface area contributed by atoms with Gasteiger partial charge in [0.25, 0.3) is 0 Å². The van der Waals surface area contributed by atoms with Crippen LogP contribution in [0.3, 0.4) is 0 Å². The lowest BCUT2D eigenvalue weighted by Gasteiger charge is -2.27. The maximum absolute atomic E-state index is 13.5. The van der Waals surface area contributed by atoms with Crippen molar-refractivity contribution in [2.75, 3.05) is 20.3 Å². The summed E-state index contributed by atoms with van der Waals surface area (Å²) in [6.45, 7) is 0.780. The number of hydrogen-bond acceptors (Lipinski definition) is 5. The lowest BCUT2D eigenvalue weighted by Crippen LogP contribution is -2.36. The Morgan fingerprint density at radius 3 is 2.63 bits per heavy atom. The molecule has 0 unspecified atom stereocenters. The summed E-state index contributed by atoms with van der Waals surface area (Å²) in [5.74, 6) is -2.57. The molecule has 1 N–H and O–H groups in total. The predicted molar refractivity (Wildman–Crippen MR) is 107 cm³/mol. The molecule has 1 aliphatic rings. The zero-order valence-electron chi connectivity index (χ0n) is 16.0. The van der Waals surface area contributed by atoms with E-state index in [4.69, 9.17) is 9.47 Å². The first kappa shape index (κ1) is 19.6. The number of aromatic nitrogens is 1. The SMILES string of the molecule is COc1ccc2c(OCCN3C=CC=C(c4cc(F)c(F)c(F)c4)N3)ccnc2c1. The van der Waals surface area contributed by atoms with Gasteiger partial charge in [-0.15, -0.1) is 0 Å². The fourth-order valence-corrected chi connectivity index (χ4v) is 3.08. The second-order valence-corrected chi connectivity index (χ2v) is 6.52. The lowest BCUT2D eigenvalue weighted by atomic mass is 10.1. The first-order valence-corrected chi connectivity index (χ1v) is 9.17. The van der Waals surface area contributed by atoms with Crippen molar-refractivity contribution in [2.24, 2.45) is 0 Å². The Labute approximate surface area is 171 Å². The van der Waals surface area contributed by atoms with Crippen molar-refractivity contribution >= 4 is 16.6 Å². The van der Waals surface area contributed by atoms with Gasteiger partial charge in [0.15, 0.2) is 17.5 Å². The van der Waals surface area contributed by atoms with Gasteiger partial charge in [0, 0.05) is 29.4 Å². The third-order valence-electron chi connectivity index (χ3n) is 4.59. The minimum absolute atomic E-state index is 0.204. The van der Waals surface area contributed by atoms with Crippen molar-refractivity contribution < 1.29 is 22.6 Å². The van der Waals surface area contributed by atoms with Crippen molar-refractivity contribution in [3.63, 3.8) is 0 Å². The van der Waals surface area contributed by atoms with E-state index in [2.05, 4.69) is 10.4 Å². The molecule has 0 spiro atoms. The number of ether oxygens (including phenoxy) is 2. The number of pyridine rings is 1. The molecule has 2 aromatic carbocycles. The number of hydrazine groups is 1. The number of halogens is 3. The summed E-state index contributed by atoms with van der Waals surface area (Å²) in [4.78, 5) is 4.32. The fourth-order valence-electron chi connectivity index (χ4n) is 3.08. The molecule has 2 heterocycles. The van der Waals surface area contributed by atoms with E-state index in [1.165, 1.54) is 0 Å². The number of nitrogens with one attached hydrogen (secondary N) is 1. The van der Waals surface area contributed by atoms with Gasteiger partial charge < -0.3 is 9.47 Å². The quantitative estimate of drug-likeness (QED) is 0.607. The Morgan fingerprint density at radius 1 is 1.07 bits per heavy atom. The molecule has 0 fully saturated rings. The maximum atomic E-state index is 13.5.